The maximum absolute atomic E-state index is 11.0. The Labute approximate surface area is 87.3 Å². The number of benzene rings is 1. The van der Waals surface area contributed by atoms with Crippen molar-refractivity contribution >= 4 is 5.91 Å². The van der Waals surface area contributed by atoms with Crippen LogP contribution in [0.2, 0.25) is 0 Å². The quantitative estimate of drug-likeness (QED) is 0.795. The Balaban J connectivity index is 2.48. The van der Waals surface area contributed by atoms with Gasteiger partial charge >= 0.3 is 0 Å². The molecule has 1 aromatic carbocycles. The smallest absolute Gasteiger partial charge is 0.252 e. The topological polar surface area (TPSA) is 60.9 Å². The van der Waals surface area contributed by atoms with Gasteiger partial charge in [0.1, 0.15) is 0 Å². The molecule has 0 aliphatic heterocycles. The molecule has 4 heteroatoms. The Morgan fingerprint density at radius 3 is 2.53 bits per heavy atom. The SMILES string of the molecule is Cc1nn(-c2ccccc2)cc1C(N)=O. The second-order valence-electron chi connectivity index (χ2n) is 3.27. The van der Waals surface area contributed by atoms with Gasteiger partial charge in [-0.3, -0.25) is 4.79 Å². The molecule has 2 rings (SSSR count). The molecule has 0 aliphatic rings. The molecule has 76 valence electrons. The highest BCUT2D eigenvalue weighted by atomic mass is 16.1. The van der Waals surface area contributed by atoms with E-state index < -0.39 is 5.91 Å². The molecule has 0 atom stereocenters. The van der Waals surface area contributed by atoms with Crippen LogP contribution in [-0.2, 0) is 0 Å². The summed E-state index contributed by atoms with van der Waals surface area (Å²) in [5.74, 6) is -0.449. The molecule has 1 aromatic heterocycles. The third kappa shape index (κ3) is 1.74. The maximum Gasteiger partial charge on any atom is 0.252 e. The molecule has 0 saturated carbocycles. The summed E-state index contributed by atoms with van der Waals surface area (Å²) < 4.78 is 1.65. The van der Waals surface area contributed by atoms with Crippen LogP contribution in [0.3, 0.4) is 0 Å². The van der Waals surface area contributed by atoms with E-state index in [2.05, 4.69) is 5.10 Å². The van der Waals surface area contributed by atoms with E-state index in [-0.39, 0.29) is 0 Å². The van der Waals surface area contributed by atoms with Crippen LogP contribution in [0.25, 0.3) is 5.69 Å². The van der Waals surface area contributed by atoms with E-state index in [0.717, 1.165) is 5.69 Å². The number of amides is 1. The van der Waals surface area contributed by atoms with E-state index in [1.807, 2.05) is 30.3 Å². The minimum atomic E-state index is -0.449. The highest BCUT2D eigenvalue weighted by Gasteiger charge is 2.10. The zero-order valence-corrected chi connectivity index (χ0v) is 8.34. The molecule has 1 amide bonds. The number of para-hydroxylation sites is 1. The zero-order valence-electron chi connectivity index (χ0n) is 8.34. The summed E-state index contributed by atoms with van der Waals surface area (Å²) in [6, 6.07) is 9.58. The Bertz CT molecular complexity index is 488. The van der Waals surface area contributed by atoms with Crippen LogP contribution in [0, 0.1) is 6.92 Å². The largest absolute Gasteiger partial charge is 0.365 e. The molecule has 0 fully saturated rings. The summed E-state index contributed by atoms with van der Waals surface area (Å²) in [4.78, 5) is 11.0. The van der Waals surface area contributed by atoms with Crippen molar-refractivity contribution in [3.05, 3.63) is 47.8 Å². The Morgan fingerprint density at radius 2 is 2.00 bits per heavy atom. The fourth-order valence-corrected chi connectivity index (χ4v) is 1.41. The van der Waals surface area contributed by atoms with Crippen LogP contribution in [0.15, 0.2) is 36.5 Å². The van der Waals surface area contributed by atoms with Gasteiger partial charge in [0.05, 0.1) is 16.9 Å². The van der Waals surface area contributed by atoms with Crippen molar-refractivity contribution in [2.45, 2.75) is 6.92 Å². The number of nitrogens with zero attached hydrogens (tertiary/aromatic N) is 2. The number of nitrogens with two attached hydrogens (primary N) is 1. The van der Waals surface area contributed by atoms with Crippen molar-refractivity contribution in [1.29, 1.82) is 0 Å². The predicted octanol–water partition coefficient (Wildman–Crippen LogP) is 1.28. The van der Waals surface area contributed by atoms with Crippen molar-refractivity contribution in [2.75, 3.05) is 0 Å². The molecule has 0 bridgehead atoms. The summed E-state index contributed by atoms with van der Waals surface area (Å²) in [5, 5.41) is 4.22. The van der Waals surface area contributed by atoms with E-state index >= 15 is 0 Å². The van der Waals surface area contributed by atoms with Crippen LogP contribution in [0.5, 0.6) is 0 Å². The highest BCUT2D eigenvalue weighted by Crippen LogP contribution is 2.10. The van der Waals surface area contributed by atoms with Gasteiger partial charge in [0, 0.05) is 6.20 Å². The molecule has 0 aliphatic carbocycles. The van der Waals surface area contributed by atoms with Crippen molar-refractivity contribution in [3.8, 4) is 5.69 Å². The van der Waals surface area contributed by atoms with Gasteiger partial charge in [-0.05, 0) is 19.1 Å². The lowest BCUT2D eigenvalue weighted by atomic mass is 10.2. The monoisotopic (exact) mass is 201 g/mol. The molecule has 0 spiro atoms. The van der Waals surface area contributed by atoms with Crippen molar-refractivity contribution in [2.24, 2.45) is 5.73 Å². The average molecular weight is 201 g/mol. The van der Waals surface area contributed by atoms with Crippen LogP contribution in [-0.4, -0.2) is 15.7 Å². The number of carbonyl (C=O) groups is 1. The molecule has 0 saturated heterocycles. The van der Waals surface area contributed by atoms with Gasteiger partial charge in [0.25, 0.3) is 5.91 Å². The lowest BCUT2D eigenvalue weighted by molar-refractivity contribution is 0.0999. The maximum atomic E-state index is 11.0. The van der Waals surface area contributed by atoms with Crippen molar-refractivity contribution in [3.63, 3.8) is 0 Å². The van der Waals surface area contributed by atoms with Gasteiger partial charge in [-0.1, -0.05) is 18.2 Å². The number of hydrogen-bond acceptors (Lipinski definition) is 2. The van der Waals surface area contributed by atoms with E-state index in [4.69, 9.17) is 5.73 Å². The molecule has 2 aromatic rings. The number of aryl methyl sites for hydroxylation is 1. The fourth-order valence-electron chi connectivity index (χ4n) is 1.41. The molecule has 0 radical (unpaired) electrons. The van der Waals surface area contributed by atoms with Crippen LogP contribution in [0.1, 0.15) is 16.1 Å². The van der Waals surface area contributed by atoms with E-state index in [0.29, 0.717) is 11.3 Å². The first-order valence-electron chi connectivity index (χ1n) is 4.60. The van der Waals surface area contributed by atoms with Crippen LogP contribution < -0.4 is 5.73 Å². The molecule has 1 heterocycles. The van der Waals surface area contributed by atoms with Gasteiger partial charge in [-0.15, -0.1) is 0 Å². The van der Waals surface area contributed by atoms with Crippen LogP contribution in [0.4, 0.5) is 0 Å². The highest BCUT2D eigenvalue weighted by molar-refractivity contribution is 5.93. The fraction of sp³-hybridized carbons (Fsp3) is 0.0909. The Kier molecular flexibility index (Phi) is 2.25. The minimum absolute atomic E-state index is 0.449. The van der Waals surface area contributed by atoms with Gasteiger partial charge in [-0.2, -0.15) is 5.10 Å². The molecule has 4 nitrogen and oxygen atoms in total. The predicted molar refractivity (Wildman–Crippen MR) is 56.8 cm³/mol. The molecule has 15 heavy (non-hydrogen) atoms. The number of rotatable bonds is 2. The van der Waals surface area contributed by atoms with Gasteiger partial charge in [0.2, 0.25) is 0 Å². The number of aromatic nitrogens is 2. The molecule has 0 unspecified atom stereocenters. The first-order valence-corrected chi connectivity index (χ1v) is 4.60. The van der Waals surface area contributed by atoms with Crippen molar-refractivity contribution in [1.82, 2.24) is 9.78 Å². The third-order valence-electron chi connectivity index (χ3n) is 2.19. The Morgan fingerprint density at radius 1 is 1.33 bits per heavy atom. The first-order chi connectivity index (χ1) is 7.18. The van der Waals surface area contributed by atoms with E-state index in [1.54, 1.807) is 17.8 Å². The van der Waals surface area contributed by atoms with Crippen LogP contribution >= 0.6 is 0 Å². The third-order valence-corrected chi connectivity index (χ3v) is 2.19. The number of hydrogen-bond donors (Lipinski definition) is 1. The van der Waals surface area contributed by atoms with Gasteiger partial charge in [-0.25, -0.2) is 4.68 Å². The normalized spacial score (nSPS) is 10.2. The van der Waals surface area contributed by atoms with Gasteiger partial charge in [0.15, 0.2) is 0 Å². The summed E-state index contributed by atoms with van der Waals surface area (Å²) >= 11 is 0. The van der Waals surface area contributed by atoms with E-state index in [1.165, 1.54) is 0 Å². The average Bonchev–Trinajstić information content (AvgIpc) is 2.62. The lowest BCUT2D eigenvalue weighted by Crippen LogP contribution is -2.11. The van der Waals surface area contributed by atoms with E-state index in [9.17, 15) is 4.79 Å². The Hall–Kier alpha value is -2.10. The second-order valence-corrected chi connectivity index (χ2v) is 3.27. The molecular weight excluding hydrogens is 190 g/mol. The summed E-state index contributed by atoms with van der Waals surface area (Å²) in [7, 11) is 0. The summed E-state index contributed by atoms with van der Waals surface area (Å²) in [6.45, 7) is 1.76. The molecular formula is C11H11N3O. The zero-order chi connectivity index (χ0) is 10.8. The first kappa shape index (κ1) is 9.45. The van der Waals surface area contributed by atoms with Crippen molar-refractivity contribution < 1.29 is 4.79 Å². The van der Waals surface area contributed by atoms with Gasteiger partial charge < -0.3 is 5.73 Å². The number of carbonyl (C=O) groups excluding carboxylic acids is 1. The summed E-state index contributed by atoms with van der Waals surface area (Å²) in [6.07, 6.45) is 1.65. The minimum Gasteiger partial charge on any atom is -0.365 e. The number of primary amides is 1. The standard InChI is InChI=1S/C11H11N3O/c1-8-10(11(12)15)7-14(13-8)9-5-3-2-4-6-9/h2-7H,1H3,(H2,12,15). The molecule has 2 N–H and O–H groups in total. The lowest BCUT2D eigenvalue weighted by Gasteiger charge is -1.98. The summed E-state index contributed by atoms with van der Waals surface area (Å²) in [5.41, 5.74) is 7.23. The second kappa shape index (κ2) is 3.57.